The summed E-state index contributed by atoms with van der Waals surface area (Å²) in [4.78, 5) is 3.93. The highest BCUT2D eigenvalue weighted by Crippen LogP contribution is 2.09. The Morgan fingerprint density at radius 1 is 1.28 bits per heavy atom. The van der Waals surface area contributed by atoms with Gasteiger partial charge in [0.15, 0.2) is 0 Å². The van der Waals surface area contributed by atoms with Crippen LogP contribution < -0.4 is 5.32 Å². The molecule has 2 aromatic rings. The predicted molar refractivity (Wildman–Crippen MR) is 70.2 cm³/mol. The van der Waals surface area contributed by atoms with Crippen molar-refractivity contribution in [2.24, 2.45) is 0 Å². The fraction of sp³-hybridized carbons (Fsp3) is 0.583. The van der Waals surface area contributed by atoms with Gasteiger partial charge < -0.3 is 5.32 Å². The van der Waals surface area contributed by atoms with E-state index in [9.17, 15) is 0 Å². The number of nitrogens with zero attached hydrogens (tertiary/aromatic N) is 5. The van der Waals surface area contributed by atoms with Crippen LogP contribution in [0, 0.1) is 0 Å². The van der Waals surface area contributed by atoms with E-state index in [4.69, 9.17) is 0 Å². The fourth-order valence-corrected chi connectivity index (χ4v) is 1.82. The minimum atomic E-state index is 0.383. The normalized spacial score (nSPS) is 12.6. The molecule has 6 nitrogen and oxygen atoms in total. The van der Waals surface area contributed by atoms with Crippen LogP contribution in [0.3, 0.4) is 0 Å². The fourth-order valence-electron chi connectivity index (χ4n) is 1.82. The Kier molecular flexibility index (Phi) is 4.33. The summed E-state index contributed by atoms with van der Waals surface area (Å²) in [5.74, 6) is 0. The van der Waals surface area contributed by atoms with Crippen LogP contribution in [0.1, 0.15) is 26.7 Å². The van der Waals surface area contributed by atoms with Gasteiger partial charge in [0.05, 0.1) is 11.9 Å². The van der Waals surface area contributed by atoms with Crippen molar-refractivity contribution < 1.29 is 0 Å². The molecule has 0 spiro atoms. The van der Waals surface area contributed by atoms with Crippen LogP contribution in [0.4, 0.5) is 5.69 Å². The monoisotopic (exact) mass is 248 g/mol. The molecule has 6 heteroatoms. The van der Waals surface area contributed by atoms with Gasteiger partial charge in [-0.3, -0.25) is 9.36 Å². The summed E-state index contributed by atoms with van der Waals surface area (Å²) < 4.78 is 3.81. The SMILES string of the molecule is CCCn1cc(N[C@H](C)CCn2cncn2)cn1. The quantitative estimate of drug-likeness (QED) is 0.811. The number of anilines is 1. The smallest absolute Gasteiger partial charge is 0.137 e. The van der Waals surface area contributed by atoms with Crippen molar-refractivity contribution in [2.75, 3.05) is 5.32 Å². The van der Waals surface area contributed by atoms with E-state index < -0.39 is 0 Å². The first-order chi connectivity index (χ1) is 8.78. The van der Waals surface area contributed by atoms with Gasteiger partial charge in [-0.25, -0.2) is 4.98 Å². The molecule has 18 heavy (non-hydrogen) atoms. The maximum atomic E-state index is 4.30. The molecule has 2 aromatic heterocycles. The molecule has 0 fully saturated rings. The molecule has 2 heterocycles. The van der Waals surface area contributed by atoms with Crippen LogP contribution in [0.25, 0.3) is 0 Å². The minimum absolute atomic E-state index is 0.383. The van der Waals surface area contributed by atoms with Gasteiger partial charge >= 0.3 is 0 Å². The lowest BCUT2D eigenvalue weighted by Gasteiger charge is -2.13. The van der Waals surface area contributed by atoms with Crippen LogP contribution in [0.5, 0.6) is 0 Å². The largest absolute Gasteiger partial charge is 0.380 e. The number of hydrogen-bond acceptors (Lipinski definition) is 4. The number of hydrogen-bond donors (Lipinski definition) is 1. The molecule has 0 unspecified atom stereocenters. The van der Waals surface area contributed by atoms with E-state index in [1.54, 1.807) is 12.7 Å². The molecule has 0 saturated heterocycles. The summed E-state index contributed by atoms with van der Waals surface area (Å²) in [7, 11) is 0. The van der Waals surface area contributed by atoms with Gasteiger partial charge in [-0.1, -0.05) is 6.92 Å². The maximum Gasteiger partial charge on any atom is 0.137 e. The molecule has 98 valence electrons. The Morgan fingerprint density at radius 2 is 2.17 bits per heavy atom. The van der Waals surface area contributed by atoms with Crippen LogP contribution in [0.15, 0.2) is 25.0 Å². The second-order valence-electron chi connectivity index (χ2n) is 4.48. The molecule has 0 aliphatic heterocycles. The van der Waals surface area contributed by atoms with Crippen molar-refractivity contribution >= 4 is 5.69 Å². The Balaban J connectivity index is 1.77. The van der Waals surface area contributed by atoms with E-state index in [2.05, 4.69) is 40.5 Å². The highest BCUT2D eigenvalue weighted by Gasteiger charge is 2.04. The van der Waals surface area contributed by atoms with Crippen molar-refractivity contribution in [1.29, 1.82) is 0 Å². The standard InChI is InChI=1S/C12H20N6/c1-3-5-17-8-12(7-14-17)16-11(2)4-6-18-10-13-9-15-18/h7-11,16H,3-6H2,1-2H3/t11-/m1/s1. The zero-order chi connectivity index (χ0) is 12.8. The Bertz CT molecular complexity index is 447. The molecule has 0 amide bonds. The third-order valence-corrected chi connectivity index (χ3v) is 2.76. The molecule has 1 N–H and O–H groups in total. The summed E-state index contributed by atoms with van der Waals surface area (Å²) in [6.07, 6.45) is 9.33. The van der Waals surface area contributed by atoms with E-state index in [0.717, 1.165) is 31.6 Å². The summed E-state index contributed by atoms with van der Waals surface area (Å²) in [6.45, 7) is 6.15. The number of aromatic nitrogens is 5. The molecule has 0 aliphatic rings. The number of aryl methyl sites for hydroxylation is 2. The molecule has 2 rings (SSSR count). The average Bonchev–Trinajstić information content (AvgIpc) is 2.99. The Hall–Kier alpha value is -1.85. The second kappa shape index (κ2) is 6.18. The lowest BCUT2D eigenvalue weighted by molar-refractivity contribution is 0.544. The first kappa shape index (κ1) is 12.6. The van der Waals surface area contributed by atoms with Gasteiger partial charge in [0.2, 0.25) is 0 Å². The first-order valence-corrected chi connectivity index (χ1v) is 6.39. The number of rotatable bonds is 7. The Morgan fingerprint density at radius 3 is 2.89 bits per heavy atom. The highest BCUT2D eigenvalue weighted by molar-refractivity contribution is 5.38. The van der Waals surface area contributed by atoms with Gasteiger partial charge in [0.25, 0.3) is 0 Å². The van der Waals surface area contributed by atoms with Crippen molar-refractivity contribution in [3.05, 3.63) is 25.0 Å². The molecular formula is C12H20N6. The van der Waals surface area contributed by atoms with Crippen LogP contribution in [-0.2, 0) is 13.1 Å². The van der Waals surface area contributed by atoms with Gasteiger partial charge in [0, 0.05) is 25.3 Å². The van der Waals surface area contributed by atoms with Crippen LogP contribution in [-0.4, -0.2) is 30.6 Å². The maximum absolute atomic E-state index is 4.30. The second-order valence-corrected chi connectivity index (χ2v) is 4.48. The number of nitrogens with one attached hydrogen (secondary N) is 1. The molecular weight excluding hydrogens is 228 g/mol. The lowest BCUT2D eigenvalue weighted by Crippen LogP contribution is -2.17. The van der Waals surface area contributed by atoms with E-state index >= 15 is 0 Å². The van der Waals surface area contributed by atoms with Gasteiger partial charge in [-0.15, -0.1) is 0 Å². The Labute approximate surface area is 107 Å². The van der Waals surface area contributed by atoms with Gasteiger partial charge in [0.1, 0.15) is 12.7 Å². The van der Waals surface area contributed by atoms with Crippen molar-refractivity contribution in [2.45, 2.75) is 45.8 Å². The van der Waals surface area contributed by atoms with E-state index in [0.29, 0.717) is 6.04 Å². The lowest BCUT2D eigenvalue weighted by atomic mass is 10.2. The van der Waals surface area contributed by atoms with Crippen molar-refractivity contribution in [3.8, 4) is 0 Å². The zero-order valence-corrected chi connectivity index (χ0v) is 11.0. The van der Waals surface area contributed by atoms with Crippen molar-refractivity contribution in [1.82, 2.24) is 24.5 Å². The molecule has 1 atom stereocenters. The van der Waals surface area contributed by atoms with E-state index in [1.165, 1.54) is 0 Å². The molecule has 0 aromatic carbocycles. The topological polar surface area (TPSA) is 60.6 Å². The van der Waals surface area contributed by atoms with Gasteiger partial charge in [-0.2, -0.15) is 10.2 Å². The molecule has 0 aliphatic carbocycles. The van der Waals surface area contributed by atoms with E-state index in [1.807, 2.05) is 15.6 Å². The summed E-state index contributed by atoms with van der Waals surface area (Å²) in [5, 5.41) is 11.8. The predicted octanol–water partition coefficient (Wildman–Crippen LogP) is 1.78. The molecule has 0 radical (unpaired) electrons. The van der Waals surface area contributed by atoms with Gasteiger partial charge in [-0.05, 0) is 19.8 Å². The van der Waals surface area contributed by atoms with E-state index in [-0.39, 0.29) is 0 Å². The molecule has 0 saturated carbocycles. The highest BCUT2D eigenvalue weighted by atomic mass is 15.3. The third-order valence-electron chi connectivity index (χ3n) is 2.76. The van der Waals surface area contributed by atoms with Crippen molar-refractivity contribution in [3.63, 3.8) is 0 Å². The zero-order valence-electron chi connectivity index (χ0n) is 11.0. The van der Waals surface area contributed by atoms with Crippen LogP contribution >= 0.6 is 0 Å². The average molecular weight is 248 g/mol. The first-order valence-electron chi connectivity index (χ1n) is 6.39. The molecule has 0 bridgehead atoms. The summed E-state index contributed by atoms with van der Waals surface area (Å²) in [6, 6.07) is 0.383. The summed E-state index contributed by atoms with van der Waals surface area (Å²) >= 11 is 0. The summed E-state index contributed by atoms with van der Waals surface area (Å²) in [5.41, 5.74) is 1.08. The minimum Gasteiger partial charge on any atom is -0.380 e. The van der Waals surface area contributed by atoms with Crippen LogP contribution in [0.2, 0.25) is 0 Å². The third kappa shape index (κ3) is 3.58.